The monoisotopic (exact) mass is 321 g/mol. The summed E-state index contributed by atoms with van der Waals surface area (Å²) in [5, 5.41) is 7.49. The van der Waals surface area contributed by atoms with Gasteiger partial charge in [0, 0.05) is 40.2 Å². The van der Waals surface area contributed by atoms with Crippen LogP contribution in [-0.2, 0) is 7.05 Å². The number of para-hydroxylation sites is 1. The predicted octanol–water partition coefficient (Wildman–Crippen LogP) is 6.38. The quantitative estimate of drug-likeness (QED) is 0.317. The van der Waals surface area contributed by atoms with Crippen LogP contribution in [0.1, 0.15) is 0 Å². The Bertz CT molecular complexity index is 1450. The van der Waals surface area contributed by atoms with Crippen LogP contribution >= 0.6 is 0 Å². The standard InChI is InChI=1S/C23H15NO/c1-24-20-11-15-7-3-2-6-14(15)10-17(20)18-12-19-16-8-4-5-9-22(16)25-23(19)13-21(18)24/h2-13H,1H3. The minimum absolute atomic E-state index is 0.947. The van der Waals surface area contributed by atoms with Gasteiger partial charge < -0.3 is 8.98 Å². The number of furan rings is 1. The van der Waals surface area contributed by atoms with Gasteiger partial charge >= 0.3 is 0 Å². The molecule has 0 aliphatic heterocycles. The van der Waals surface area contributed by atoms with E-state index >= 15 is 0 Å². The van der Waals surface area contributed by atoms with Crippen LogP contribution in [0.25, 0.3) is 54.5 Å². The number of hydrogen-bond donors (Lipinski definition) is 0. The molecule has 2 heterocycles. The highest BCUT2D eigenvalue weighted by atomic mass is 16.3. The summed E-state index contributed by atoms with van der Waals surface area (Å²) in [6.07, 6.45) is 0. The maximum atomic E-state index is 6.08. The van der Waals surface area contributed by atoms with Crippen molar-refractivity contribution >= 4 is 54.5 Å². The third-order valence-corrected chi connectivity index (χ3v) is 5.37. The van der Waals surface area contributed by atoms with Crippen LogP contribution in [-0.4, -0.2) is 4.57 Å². The smallest absolute Gasteiger partial charge is 0.137 e. The second kappa shape index (κ2) is 4.42. The maximum Gasteiger partial charge on any atom is 0.137 e. The van der Waals surface area contributed by atoms with Gasteiger partial charge in [-0.1, -0.05) is 42.5 Å². The first-order valence-electron chi connectivity index (χ1n) is 8.52. The molecule has 0 atom stereocenters. The molecule has 2 heteroatoms. The summed E-state index contributed by atoms with van der Waals surface area (Å²) in [5.74, 6) is 0. The number of hydrogen-bond acceptors (Lipinski definition) is 1. The van der Waals surface area contributed by atoms with E-state index in [2.05, 4.69) is 72.3 Å². The van der Waals surface area contributed by atoms with Crippen LogP contribution in [0.15, 0.2) is 77.2 Å². The predicted molar refractivity (Wildman–Crippen MR) is 105 cm³/mol. The van der Waals surface area contributed by atoms with Gasteiger partial charge in [-0.2, -0.15) is 0 Å². The van der Waals surface area contributed by atoms with Gasteiger partial charge in [-0.05, 0) is 35.0 Å². The molecular weight excluding hydrogens is 306 g/mol. The van der Waals surface area contributed by atoms with Crippen LogP contribution in [0, 0.1) is 0 Å². The minimum atomic E-state index is 0.947. The van der Waals surface area contributed by atoms with Gasteiger partial charge in [0.15, 0.2) is 0 Å². The van der Waals surface area contributed by atoms with Crippen LogP contribution in [0.5, 0.6) is 0 Å². The largest absolute Gasteiger partial charge is 0.456 e. The van der Waals surface area contributed by atoms with E-state index in [9.17, 15) is 0 Å². The molecule has 2 aromatic heterocycles. The van der Waals surface area contributed by atoms with Crippen molar-refractivity contribution in [3.8, 4) is 0 Å². The van der Waals surface area contributed by atoms with Crippen LogP contribution in [0.2, 0.25) is 0 Å². The fraction of sp³-hybridized carbons (Fsp3) is 0.0435. The first-order valence-corrected chi connectivity index (χ1v) is 8.52. The number of rotatable bonds is 0. The summed E-state index contributed by atoms with van der Waals surface area (Å²) in [6, 6.07) is 25.8. The van der Waals surface area contributed by atoms with Gasteiger partial charge in [-0.3, -0.25) is 0 Å². The third-order valence-electron chi connectivity index (χ3n) is 5.37. The average molecular weight is 321 g/mol. The Morgan fingerprint density at radius 3 is 2.16 bits per heavy atom. The third kappa shape index (κ3) is 1.64. The summed E-state index contributed by atoms with van der Waals surface area (Å²) >= 11 is 0. The first kappa shape index (κ1) is 13.1. The summed E-state index contributed by atoms with van der Waals surface area (Å²) in [6.45, 7) is 0. The van der Waals surface area contributed by atoms with Crippen molar-refractivity contribution in [1.82, 2.24) is 4.57 Å². The van der Waals surface area contributed by atoms with E-state index in [0.717, 1.165) is 11.2 Å². The van der Waals surface area contributed by atoms with E-state index < -0.39 is 0 Å². The molecule has 0 amide bonds. The molecule has 0 aliphatic carbocycles. The molecule has 0 fully saturated rings. The molecule has 0 unspecified atom stereocenters. The Morgan fingerprint density at radius 2 is 1.28 bits per heavy atom. The lowest BCUT2D eigenvalue weighted by molar-refractivity contribution is 0.669. The molecule has 0 saturated carbocycles. The molecule has 0 spiro atoms. The molecule has 25 heavy (non-hydrogen) atoms. The first-order chi connectivity index (χ1) is 12.3. The Hall–Kier alpha value is -3.26. The normalized spacial score (nSPS) is 12.2. The number of aryl methyl sites for hydroxylation is 1. The molecule has 0 bridgehead atoms. The number of aromatic nitrogens is 1. The van der Waals surface area contributed by atoms with Crippen LogP contribution in [0.4, 0.5) is 0 Å². The van der Waals surface area contributed by atoms with Crippen molar-refractivity contribution in [2.24, 2.45) is 7.05 Å². The molecule has 0 saturated heterocycles. The highest BCUT2D eigenvalue weighted by molar-refractivity contribution is 6.18. The summed E-state index contributed by atoms with van der Waals surface area (Å²) < 4.78 is 8.34. The highest BCUT2D eigenvalue weighted by Gasteiger charge is 2.14. The van der Waals surface area contributed by atoms with Crippen molar-refractivity contribution in [3.63, 3.8) is 0 Å². The zero-order valence-electron chi connectivity index (χ0n) is 13.8. The van der Waals surface area contributed by atoms with Gasteiger partial charge in [0.2, 0.25) is 0 Å². The molecule has 0 radical (unpaired) electrons. The van der Waals surface area contributed by atoms with Gasteiger partial charge in [-0.15, -0.1) is 0 Å². The second-order valence-electron chi connectivity index (χ2n) is 6.74. The van der Waals surface area contributed by atoms with Gasteiger partial charge in [-0.25, -0.2) is 0 Å². The van der Waals surface area contributed by atoms with Crippen molar-refractivity contribution in [1.29, 1.82) is 0 Å². The fourth-order valence-corrected chi connectivity index (χ4v) is 4.11. The molecule has 6 rings (SSSR count). The average Bonchev–Trinajstić information content (AvgIpc) is 3.14. The SMILES string of the molecule is Cn1c2cc3ccccc3cc2c2cc3c(cc21)oc1ccccc13. The Balaban J connectivity index is 1.86. The maximum absolute atomic E-state index is 6.08. The Labute approximate surface area is 143 Å². The zero-order chi connectivity index (χ0) is 16.5. The van der Waals surface area contributed by atoms with Crippen LogP contribution in [0.3, 0.4) is 0 Å². The second-order valence-corrected chi connectivity index (χ2v) is 6.74. The Morgan fingerprint density at radius 1 is 0.600 bits per heavy atom. The van der Waals surface area contributed by atoms with E-state index in [4.69, 9.17) is 4.42 Å². The molecule has 0 N–H and O–H groups in total. The number of benzene rings is 4. The van der Waals surface area contributed by atoms with Crippen molar-refractivity contribution in [2.45, 2.75) is 0 Å². The highest BCUT2D eigenvalue weighted by Crippen LogP contribution is 2.37. The summed E-state index contributed by atoms with van der Waals surface area (Å²) in [7, 11) is 2.13. The van der Waals surface area contributed by atoms with Gasteiger partial charge in [0.25, 0.3) is 0 Å². The van der Waals surface area contributed by atoms with Crippen molar-refractivity contribution in [3.05, 3.63) is 72.8 Å². The van der Waals surface area contributed by atoms with Crippen molar-refractivity contribution < 1.29 is 4.42 Å². The molecule has 0 aliphatic rings. The summed E-state index contributed by atoms with van der Waals surface area (Å²) in [4.78, 5) is 0. The lowest BCUT2D eigenvalue weighted by atomic mass is 10.0. The minimum Gasteiger partial charge on any atom is -0.456 e. The summed E-state index contributed by atoms with van der Waals surface area (Å²) in [5.41, 5.74) is 4.36. The Kier molecular flexibility index (Phi) is 2.31. The van der Waals surface area contributed by atoms with E-state index in [0.29, 0.717) is 0 Å². The number of nitrogens with zero attached hydrogens (tertiary/aromatic N) is 1. The van der Waals surface area contributed by atoms with E-state index in [1.807, 2.05) is 12.1 Å². The topological polar surface area (TPSA) is 18.1 Å². The van der Waals surface area contributed by atoms with Gasteiger partial charge in [0.05, 0.1) is 5.52 Å². The molecular formula is C23H15NO. The van der Waals surface area contributed by atoms with E-state index in [1.54, 1.807) is 0 Å². The molecule has 4 aromatic carbocycles. The lowest BCUT2D eigenvalue weighted by Crippen LogP contribution is -1.86. The molecule has 118 valence electrons. The number of fused-ring (bicyclic) bond motifs is 7. The molecule has 2 nitrogen and oxygen atoms in total. The lowest BCUT2D eigenvalue weighted by Gasteiger charge is -2.00. The van der Waals surface area contributed by atoms with Crippen LogP contribution < -0.4 is 0 Å². The van der Waals surface area contributed by atoms with E-state index in [-0.39, 0.29) is 0 Å². The molecule has 6 aromatic rings. The fourth-order valence-electron chi connectivity index (χ4n) is 4.11. The van der Waals surface area contributed by atoms with Gasteiger partial charge in [0.1, 0.15) is 11.2 Å². The zero-order valence-corrected chi connectivity index (χ0v) is 13.8. The van der Waals surface area contributed by atoms with E-state index in [1.165, 1.54) is 43.4 Å². The van der Waals surface area contributed by atoms with Crippen molar-refractivity contribution in [2.75, 3.05) is 0 Å².